The predicted molar refractivity (Wildman–Crippen MR) is 118 cm³/mol. The highest BCUT2D eigenvalue weighted by atomic mass is 35.6. The zero-order valence-corrected chi connectivity index (χ0v) is 19.3. The summed E-state index contributed by atoms with van der Waals surface area (Å²) in [4.78, 5) is 29.3. The van der Waals surface area contributed by atoms with E-state index in [1.807, 2.05) is 54.6 Å². The van der Waals surface area contributed by atoms with Crippen LogP contribution in [0.5, 0.6) is 0 Å². The number of alkyl halides is 3. The van der Waals surface area contributed by atoms with Crippen LogP contribution in [-0.4, -0.2) is 26.6 Å². The van der Waals surface area contributed by atoms with Crippen molar-refractivity contribution in [3.63, 3.8) is 0 Å². The Balaban J connectivity index is 2.35. The van der Waals surface area contributed by atoms with E-state index in [0.717, 1.165) is 16.2 Å². The van der Waals surface area contributed by atoms with E-state index in [2.05, 4.69) is 0 Å². The van der Waals surface area contributed by atoms with Gasteiger partial charge in [0.25, 0.3) is 0 Å². The Kier molecular flexibility index (Phi) is 7.17. The summed E-state index contributed by atoms with van der Waals surface area (Å²) in [6, 6.07) is 17.2. The van der Waals surface area contributed by atoms with Gasteiger partial charge in [-0.15, -0.1) is 5.06 Å². The van der Waals surface area contributed by atoms with E-state index in [1.54, 1.807) is 13.8 Å². The molecule has 30 heavy (non-hydrogen) atoms. The molecule has 2 N–H and O–H groups in total. The highest BCUT2D eigenvalue weighted by Gasteiger charge is 2.47. The van der Waals surface area contributed by atoms with E-state index in [9.17, 15) is 9.59 Å². The van der Waals surface area contributed by atoms with Crippen molar-refractivity contribution in [1.82, 2.24) is 5.06 Å². The summed E-state index contributed by atoms with van der Waals surface area (Å²) in [5, 5.41) is 0.727. The maximum absolute atomic E-state index is 12.8. The fourth-order valence-electron chi connectivity index (χ4n) is 2.61. The van der Waals surface area contributed by atoms with Gasteiger partial charge >= 0.3 is 12.2 Å². The molecule has 0 atom stereocenters. The lowest BCUT2D eigenvalue weighted by Crippen LogP contribution is -2.52. The molecular formula is C21H23Cl3N2O4. The second kappa shape index (κ2) is 8.92. The van der Waals surface area contributed by atoms with Gasteiger partial charge in [0.15, 0.2) is 5.60 Å². The van der Waals surface area contributed by atoms with E-state index in [4.69, 9.17) is 50.1 Å². The molecule has 0 aliphatic rings. The van der Waals surface area contributed by atoms with E-state index in [0.29, 0.717) is 5.56 Å². The summed E-state index contributed by atoms with van der Waals surface area (Å²) in [6.45, 7) is 6.16. The van der Waals surface area contributed by atoms with Gasteiger partial charge in [-0.2, -0.15) is 0 Å². The molecule has 0 aliphatic carbocycles. The lowest BCUT2D eigenvalue weighted by atomic mass is 9.92. The average molecular weight is 474 g/mol. The van der Waals surface area contributed by atoms with Crippen molar-refractivity contribution in [3.05, 3.63) is 60.2 Å². The summed E-state index contributed by atoms with van der Waals surface area (Å²) >= 11 is 17.7. The fourth-order valence-corrected chi connectivity index (χ4v) is 2.72. The predicted octanol–water partition coefficient (Wildman–Crippen LogP) is 6.19. The Morgan fingerprint density at radius 1 is 0.867 bits per heavy atom. The van der Waals surface area contributed by atoms with Crippen molar-refractivity contribution in [1.29, 1.82) is 0 Å². The minimum atomic E-state index is -1.91. The molecule has 9 heteroatoms. The lowest BCUT2D eigenvalue weighted by molar-refractivity contribution is -0.152. The Morgan fingerprint density at radius 2 is 1.37 bits per heavy atom. The van der Waals surface area contributed by atoms with Crippen molar-refractivity contribution >= 4 is 47.0 Å². The summed E-state index contributed by atoms with van der Waals surface area (Å²) in [5.74, 6) is 0. The number of carbonyl (C=O) groups excluding carboxylic acids is 2. The molecule has 2 amide bonds. The number of hydrogen-bond acceptors (Lipinski definition) is 4. The number of rotatable bonds is 4. The van der Waals surface area contributed by atoms with Gasteiger partial charge in [-0.3, -0.25) is 0 Å². The van der Waals surface area contributed by atoms with Crippen molar-refractivity contribution in [3.8, 4) is 11.1 Å². The fraction of sp³-hybridized carbons (Fsp3) is 0.333. The molecule has 2 aromatic carbocycles. The van der Waals surface area contributed by atoms with Crippen LogP contribution in [-0.2, 0) is 15.1 Å². The quantitative estimate of drug-likeness (QED) is 0.424. The molecule has 0 fully saturated rings. The first-order valence-electron chi connectivity index (χ1n) is 8.99. The summed E-state index contributed by atoms with van der Waals surface area (Å²) in [7, 11) is 0. The minimum Gasteiger partial charge on any atom is -0.437 e. The summed E-state index contributed by atoms with van der Waals surface area (Å²) in [6.07, 6.45) is -2.23. The van der Waals surface area contributed by atoms with Crippen LogP contribution in [0.4, 0.5) is 9.59 Å². The van der Waals surface area contributed by atoms with Crippen LogP contribution >= 0.6 is 34.8 Å². The van der Waals surface area contributed by atoms with Crippen LogP contribution in [0.25, 0.3) is 11.1 Å². The van der Waals surface area contributed by atoms with Gasteiger partial charge < -0.3 is 15.3 Å². The first kappa shape index (κ1) is 24.1. The number of nitrogens with zero attached hydrogens (tertiary/aromatic N) is 1. The molecule has 0 aromatic heterocycles. The molecule has 0 radical (unpaired) electrons. The van der Waals surface area contributed by atoms with Crippen LogP contribution in [0.1, 0.15) is 33.3 Å². The van der Waals surface area contributed by atoms with Gasteiger partial charge in [-0.05, 0) is 44.4 Å². The summed E-state index contributed by atoms with van der Waals surface area (Å²) in [5.41, 5.74) is 5.19. The molecule has 6 nitrogen and oxygen atoms in total. The minimum absolute atomic E-state index is 0.659. The number of ether oxygens (including phenoxy) is 1. The third kappa shape index (κ3) is 5.50. The van der Waals surface area contributed by atoms with Crippen molar-refractivity contribution in [2.45, 2.75) is 42.6 Å². The van der Waals surface area contributed by atoms with Gasteiger partial charge in [0.1, 0.15) is 5.54 Å². The highest BCUT2D eigenvalue weighted by molar-refractivity contribution is 6.68. The first-order chi connectivity index (χ1) is 13.8. The molecule has 0 unspecified atom stereocenters. The molecule has 0 spiro atoms. The number of halogens is 3. The largest absolute Gasteiger partial charge is 0.444 e. The van der Waals surface area contributed by atoms with Gasteiger partial charge in [0.05, 0.1) is 0 Å². The second-order valence-electron chi connectivity index (χ2n) is 7.58. The highest BCUT2D eigenvalue weighted by Crippen LogP contribution is 2.41. The van der Waals surface area contributed by atoms with E-state index in [1.165, 1.54) is 13.8 Å². The Hall–Kier alpha value is -2.15. The smallest absolute Gasteiger partial charge is 0.437 e. The molecule has 0 heterocycles. The SMILES string of the molecule is CC(C)(c1ccc(-c2ccccc2)cc1)N(OC(N)=O)C(=O)OC(C)(C)C(Cl)(Cl)Cl. The van der Waals surface area contributed by atoms with Crippen LogP contribution in [0, 0.1) is 0 Å². The molecule has 0 bridgehead atoms. The molecule has 0 saturated heterocycles. The Bertz CT molecular complexity index is 895. The molecule has 162 valence electrons. The van der Waals surface area contributed by atoms with Crippen molar-refractivity contribution < 1.29 is 19.2 Å². The van der Waals surface area contributed by atoms with Gasteiger partial charge in [-0.25, -0.2) is 9.59 Å². The van der Waals surface area contributed by atoms with Crippen LogP contribution in [0.3, 0.4) is 0 Å². The second-order valence-corrected chi connectivity index (χ2v) is 9.86. The number of primary amides is 1. The van der Waals surface area contributed by atoms with E-state index in [-0.39, 0.29) is 0 Å². The van der Waals surface area contributed by atoms with Crippen molar-refractivity contribution in [2.75, 3.05) is 0 Å². The molecular weight excluding hydrogens is 451 g/mol. The zero-order chi connectivity index (χ0) is 22.7. The third-order valence-electron chi connectivity index (χ3n) is 4.58. The van der Waals surface area contributed by atoms with Crippen LogP contribution in [0.15, 0.2) is 54.6 Å². The van der Waals surface area contributed by atoms with E-state index < -0.39 is 27.1 Å². The Labute approximate surface area is 190 Å². The number of carbonyl (C=O) groups is 2. The lowest BCUT2D eigenvalue weighted by Gasteiger charge is -2.39. The topological polar surface area (TPSA) is 81.9 Å². The Morgan fingerprint density at radius 3 is 1.83 bits per heavy atom. The molecule has 2 rings (SSSR count). The average Bonchev–Trinajstić information content (AvgIpc) is 2.65. The van der Waals surface area contributed by atoms with Crippen molar-refractivity contribution in [2.24, 2.45) is 5.73 Å². The van der Waals surface area contributed by atoms with Crippen LogP contribution < -0.4 is 5.73 Å². The maximum Gasteiger partial charge on any atom is 0.444 e. The molecule has 0 aliphatic heterocycles. The first-order valence-corrected chi connectivity index (χ1v) is 10.1. The number of hydrogen-bond donors (Lipinski definition) is 1. The molecule has 0 saturated carbocycles. The monoisotopic (exact) mass is 472 g/mol. The zero-order valence-electron chi connectivity index (χ0n) is 17.0. The number of nitrogens with two attached hydrogens (primary N) is 1. The standard InChI is InChI=1S/C21H23Cl3N2O4/c1-19(2,16-12-10-15(11-13-16)14-8-6-5-7-9-14)26(30-17(25)27)18(28)29-20(3,4)21(22,23)24/h5-13H,1-4H3,(H2,25,27). The summed E-state index contributed by atoms with van der Waals surface area (Å²) < 4.78 is 3.41. The van der Waals surface area contributed by atoms with Gasteiger partial charge in [-0.1, -0.05) is 89.4 Å². The normalized spacial score (nSPS) is 12.2. The molecule has 2 aromatic rings. The number of benzene rings is 2. The number of hydroxylamine groups is 2. The van der Waals surface area contributed by atoms with Crippen LogP contribution in [0.2, 0.25) is 0 Å². The number of amides is 2. The maximum atomic E-state index is 12.8. The third-order valence-corrected chi connectivity index (χ3v) is 5.94. The van der Waals surface area contributed by atoms with E-state index >= 15 is 0 Å². The van der Waals surface area contributed by atoms with Gasteiger partial charge in [0, 0.05) is 0 Å². The van der Waals surface area contributed by atoms with Gasteiger partial charge in [0.2, 0.25) is 3.79 Å².